The number of nitrogens with one attached hydrogen (secondary N) is 1. The van der Waals surface area contributed by atoms with E-state index in [2.05, 4.69) is 5.32 Å². The van der Waals surface area contributed by atoms with Crippen molar-refractivity contribution in [3.8, 4) is 0 Å². The minimum Gasteiger partial charge on any atom is -0.458 e. The van der Waals surface area contributed by atoms with Gasteiger partial charge < -0.3 is 19.5 Å². The fourth-order valence-corrected chi connectivity index (χ4v) is 4.38. The molecule has 1 aliphatic heterocycles. The van der Waals surface area contributed by atoms with E-state index in [9.17, 15) is 14.4 Å². The predicted octanol–water partition coefficient (Wildman–Crippen LogP) is 4.07. The van der Waals surface area contributed by atoms with E-state index in [0.717, 1.165) is 0 Å². The van der Waals surface area contributed by atoms with Gasteiger partial charge in [-0.15, -0.1) is 0 Å². The highest BCUT2D eigenvalue weighted by Gasteiger charge is 2.53. The molecule has 0 unspecified atom stereocenters. The number of rotatable bonds is 7. The van der Waals surface area contributed by atoms with E-state index < -0.39 is 47.5 Å². The van der Waals surface area contributed by atoms with Gasteiger partial charge in [0.1, 0.15) is 17.2 Å². The third kappa shape index (κ3) is 8.32. The normalized spacial score (nSPS) is 23.5. The van der Waals surface area contributed by atoms with Crippen LogP contribution >= 0.6 is 0 Å². The van der Waals surface area contributed by atoms with Crippen molar-refractivity contribution in [2.45, 2.75) is 111 Å². The van der Waals surface area contributed by atoms with Crippen molar-refractivity contribution >= 4 is 18.0 Å². The summed E-state index contributed by atoms with van der Waals surface area (Å²) in [7, 11) is 1.59. The number of methoxy groups -OCH3 is 1. The molecule has 0 aromatic heterocycles. The predicted molar refractivity (Wildman–Crippen MR) is 128 cm³/mol. The molecule has 1 fully saturated rings. The zero-order valence-electron chi connectivity index (χ0n) is 22.2. The lowest BCUT2D eigenvalue weighted by molar-refractivity contribution is -0.160. The standard InChI is InChI=1S/C25H44N2O6/c1-12-13-17-14-18(22(29)32-24(5,6)7)27(23(30)33-25(8,9)10)20(17)19(26-16(4)28)21(31-11)15(2)3/h12-13,15,17-21H,14H2,1-11H3,(H,26,28)/b13-12-/t17-,18-,19-,20-,21+/m1/s1. The Morgan fingerprint density at radius 3 is 1.97 bits per heavy atom. The Morgan fingerprint density at radius 1 is 1.03 bits per heavy atom. The molecule has 0 radical (unpaired) electrons. The second-order valence-corrected chi connectivity index (χ2v) is 11.0. The van der Waals surface area contributed by atoms with Crippen LogP contribution in [-0.4, -0.2) is 65.4 Å². The topological polar surface area (TPSA) is 94.2 Å². The molecule has 0 aromatic rings. The molecule has 0 aliphatic carbocycles. The van der Waals surface area contributed by atoms with E-state index >= 15 is 0 Å². The van der Waals surface area contributed by atoms with Crippen LogP contribution in [0.5, 0.6) is 0 Å². The van der Waals surface area contributed by atoms with Crippen LogP contribution in [0.2, 0.25) is 0 Å². The maximum absolute atomic E-state index is 13.5. The van der Waals surface area contributed by atoms with Gasteiger partial charge in [0, 0.05) is 20.0 Å². The van der Waals surface area contributed by atoms with Crippen LogP contribution in [0.1, 0.15) is 75.7 Å². The monoisotopic (exact) mass is 468 g/mol. The number of amides is 2. The lowest BCUT2D eigenvalue weighted by Crippen LogP contribution is -2.61. The summed E-state index contributed by atoms with van der Waals surface area (Å²) in [5.74, 6) is -0.912. The molecule has 2 amide bonds. The second-order valence-electron chi connectivity index (χ2n) is 11.0. The molecule has 8 heteroatoms. The zero-order valence-corrected chi connectivity index (χ0v) is 22.2. The molecule has 1 saturated heterocycles. The summed E-state index contributed by atoms with van der Waals surface area (Å²) in [4.78, 5) is 40.4. The van der Waals surface area contributed by atoms with Crippen LogP contribution < -0.4 is 5.32 Å². The number of hydrogen-bond donors (Lipinski definition) is 1. The molecule has 1 heterocycles. The van der Waals surface area contributed by atoms with Gasteiger partial charge in [0.2, 0.25) is 5.91 Å². The number of carbonyl (C=O) groups excluding carboxylic acids is 3. The van der Waals surface area contributed by atoms with Crippen LogP contribution in [0.3, 0.4) is 0 Å². The highest BCUT2D eigenvalue weighted by Crippen LogP contribution is 2.38. The Labute approximate surface area is 199 Å². The smallest absolute Gasteiger partial charge is 0.411 e. The third-order valence-electron chi connectivity index (χ3n) is 5.33. The van der Waals surface area contributed by atoms with Gasteiger partial charge in [-0.1, -0.05) is 26.0 Å². The van der Waals surface area contributed by atoms with Gasteiger partial charge in [-0.2, -0.15) is 0 Å². The Hall–Kier alpha value is -2.09. The van der Waals surface area contributed by atoms with Gasteiger partial charge in [0.25, 0.3) is 0 Å². The number of ether oxygens (including phenoxy) is 3. The van der Waals surface area contributed by atoms with Gasteiger partial charge in [0.15, 0.2) is 0 Å². The van der Waals surface area contributed by atoms with Crippen LogP contribution in [0, 0.1) is 11.8 Å². The molecule has 5 atom stereocenters. The van der Waals surface area contributed by atoms with E-state index in [1.807, 2.05) is 32.9 Å². The van der Waals surface area contributed by atoms with Crippen molar-refractivity contribution in [2.24, 2.45) is 11.8 Å². The average Bonchev–Trinajstić information content (AvgIpc) is 2.97. The van der Waals surface area contributed by atoms with E-state index in [1.165, 1.54) is 11.8 Å². The first-order valence-corrected chi connectivity index (χ1v) is 11.7. The summed E-state index contributed by atoms with van der Waals surface area (Å²) in [6.07, 6.45) is 3.20. The lowest BCUT2D eigenvalue weighted by atomic mass is 9.86. The minimum absolute atomic E-state index is 0.0409. The van der Waals surface area contributed by atoms with Crippen LogP contribution in [-0.2, 0) is 23.8 Å². The Kier molecular flexibility index (Phi) is 9.96. The Bertz CT molecular complexity index is 719. The van der Waals surface area contributed by atoms with Crippen molar-refractivity contribution in [2.75, 3.05) is 7.11 Å². The number of carbonyl (C=O) groups is 3. The van der Waals surface area contributed by atoms with E-state index in [-0.39, 0.29) is 17.7 Å². The molecule has 33 heavy (non-hydrogen) atoms. The van der Waals surface area contributed by atoms with E-state index in [0.29, 0.717) is 6.42 Å². The molecule has 1 aliphatic rings. The summed E-state index contributed by atoms with van der Waals surface area (Å²) in [6, 6.07) is -1.98. The van der Waals surface area contributed by atoms with Gasteiger partial charge in [-0.25, -0.2) is 9.59 Å². The van der Waals surface area contributed by atoms with Crippen molar-refractivity contribution in [1.82, 2.24) is 10.2 Å². The molecule has 1 N–H and O–H groups in total. The average molecular weight is 469 g/mol. The fraction of sp³-hybridized carbons (Fsp3) is 0.800. The zero-order chi connectivity index (χ0) is 25.7. The van der Waals surface area contributed by atoms with Crippen LogP contribution in [0.15, 0.2) is 12.2 Å². The van der Waals surface area contributed by atoms with Crippen molar-refractivity contribution in [3.05, 3.63) is 12.2 Å². The number of esters is 1. The summed E-state index contributed by atoms with van der Waals surface area (Å²) >= 11 is 0. The van der Waals surface area contributed by atoms with Crippen LogP contribution in [0.4, 0.5) is 4.79 Å². The molecule has 0 bridgehead atoms. The maximum Gasteiger partial charge on any atom is 0.411 e. The summed E-state index contributed by atoms with van der Waals surface area (Å²) in [5.41, 5.74) is -1.48. The van der Waals surface area contributed by atoms with Gasteiger partial charge >= 0.3 is 12.1 Å². The largest absolute Gasteiger partial charge is 0.458 e. The Balaban J connectivity index is 3.65. The molecule has 190 valence electrons. The van der Waals surface area contributed by atoms with E-state index in [4.69, 9.17) is 14.2 Å². The number of allylic oxidation sites excluding steroid dienone is 1. The van der Waals surface area contributed by atoms with Crippen molar-refractivity contribution in [1.29, 1.82) is 0 Å². The lowest BCUT2D eigenvalue weighted by Gasteiger charge is -2.41. The number of likely N-dealkylation sites (tertiary alicyclic amines) is 1. The van der Waals surface area contributed by atoms with Gasteiger partial charge in [0.05, 0.1) is 18.2 Å². The number of nitrogens with zero attached hydrogens (tertiary/aromatic N) is 1. The molecule has 0 aromatic carbocycles. The van der Waals surface area contributed by atoms with E-state index in [1.54, 1.807) is 48.7 Å². The highest BCUT2D eigenvalue weighted by atomic mass is 16.6. The summed E-state index contributed by atoms with van der Waals surface area (Å²) in [6.45, 7) is 18.0. The first kappa shape index (κ1) is 28.9. The molecule has 8 nitrogen and oxygen atoms in total. The van der Waals surface area contributed by atoms with Crippen LogP contribution in [0.25, 0.3) is 0 Å². The Morgan fingerprint density at radius 2 is 1.58 bits per heavy atom. The van der Waals surface area contributed by atoms with Gasteiger partial charge in [-0.3, -0.25) is 9.69 Å². The molecule has 0 spiro atoms. The second kappa shape index (κ2) is 11.4. The summed E-state index contributed by atoms with van der Waals surface area (Å²) < 4.78 is 17.2. The molecular weight excluding hydrogens is 424 g/mol. The first-order valence-electron chi connectivity index (χ1n) is 11.7. The fourth-order valence-electron chi connectivity index (χ4n) is 4.38. The quantitative estimate of drug-likeness (QED) is 0.447. The summed E-state index contributed by atoms with van der Waals surface area (Å²) in [5, 5.41) is 3.00. The molecule has 0 saturated carbocycles. The minimum atomic E-state index is -0.855. The molecular formula is C25H44N2O6. The van der Waals surface area contributed by atoms with Crippen molar-refractivity contribution < 1.29 is 28.6 Å². The third-order valence-corrected chi connectivity index (χ3v) is 5.33. The molecule has 1 rings (SSSR count). The SMILES string of the molecule is C/C=C\[C@@H]1C[C@H](C(=O)OC(C)(C)C)N(C(=O)OC(C)(C)C)[C@H]1[C@@H](NC(C)=O)[C@@H](OC)C(C)C. The maximum atomic E-state index is 13.5. The van der Waals surface area contributed by atoms with Crippen molar-refractivity contribution in [3.63, 3.8) is 0 Å². The first-order chi connectivity index (χ1) is 15.0. The highest BCUT2D eigenvalue weighted by molar-refractivity contribution is 5.83. The number of hydrogen-bond acceptors (Lipinski definition) is 6. The van der Waals surface area contributed by atoms with Gasteiger partial charge in [-0.05, 0) is 60.8 Å².